The number of fused-ring (bicyclic) bond motifs is 3. The molecule has 0 N–H and O–H groups in total. The Labute approximate surface area is 179 Å². The van der Waals surface area contributed by atoms with Crippen LogP contribution in [-0.2, 0) is 4.79 Å². The first-order valence-electron chi connectivity index (χ1n) is 9.82. The average molecular weight is 421 g/mol. The van der Waals surface area contributed by atoms with E-state index >= 15 is 0 Å². The predicted octanol–water partition coefficient (Wildman–Crippen LogP) is 4.73. The van der Waals surface area contributed by atoms with Crippen molar-refractivity contribution in [2.75, 3.05) is 17.8 Å². The molecule has 0 bridgehead atoms. The van der Waals surface area contributed by atoms with Crippen LogP contribution in [0.2, 0.25) is 0 Å². The van der Waals surface area contributed by atoms with Gasteiger partial charge in [0.05, 0.1) is 18.4 Å². The maximum absolute atomic E-state index is 13.1. The maximum Gasteiger partial charge on any atom is 0.237 e. The van der Waals surface area contributed by atoms with Crippen molar-refractivity contribution in [3.63, 3.8) is 0 Å². The van der Waals surface area contributed by atoms with E-state index in [1.807, 2.05) is 77.7 Å². The SMILES string of the molecule is COc1ccc2c(C)cc3nnc(SCC(=O)N(c4ccccc4)C(C)C)n3c2c1. The molecule has 0 aliphatic carbocycles. The van der Waals surface area contributed by atoms with E-state index in [9.17, 15) is 4.79 Å². The molecule has 0 unspecified atom stereocenters. The Bertz CT molecular complexity index is 1200. The highest BCUT2D eigenvalue weighted by Gasteiger charge is 2.20. The molecule has 0 saturated carbocycles. The number of carbonyl (C=O) groups is 1. The van der Waals surface area contributed by atoms with Crippen LogP contribution in [0, 0.1) is 6.92 Å². The van der Waals surface area contributed by atoms with Crippen LogP contribution in [0.15, 0.2) is 59.8 Å². The molecule has 30 heavy (non-hydrogen) atoms. The second-order valence-electron chi connectivity index (χ2n) is 7.37. The average Bonchev–Trinajstić information content (AvgIpc) is 3.15. The second-order valence-corrected chi connectivity index (χ2v) is 8.31. The Kier molecular flexibility index (Phi) is 5.63. The van der Waals surface area contributed by atoms with Gasteiger partial charge in [0.15, 0.2) is 10.8 Å². The number of thioether (sulfide) groups is 1. The molecule has 2 aromatic heterocycles. The first-order valence-corrected chi connectivity index (χ1v) is 10.8. The number of hydrogen-bond donors (Lipinski definition) is 0. The van der Waals surface area contributed by atoms with Gasteiger partial charge < -0.3 is 9.64 Å². The van der Waals surface area contributed by atoms with Crippen molar-refractivity contribution in [1.82, 2.24) is 14.6 Å². The summed E-state index contributed by atoms with van der Waals surface area (Å²) in [5, 5.41) is 10.5. The quantitative estimate of drug-likeness (QED) is 0.422. The molecule has 0 atom stereocenters. The van der Waals surface area contributed by atoms with Gasteiger partial charge in [-0.3, -0.25) is 9.20 Å². The maximum atomic E-state index is 13.1. The summed E-state index contributed by atoms with van der Waals surface area (Å²) in [6.07, 6.45) is 0. The lowest BCUT2D eigenvalue weighted by molar-refractivity contribution is -0.116. The lowest BCUT2D eigenvalue weighted by Crippen LogP contribution is -2.38. The van der Waals surface area contributed by atoms with Crippen molar-refractivity contribution in [3.8, 4) is 5.75 Å². The number of rotatable bonds is 6. The predicted molar refractivity (Wildman–Crippen MR) is 122 cm³/mol. The number of ether oxygens (including phenoxy) is 1. The van der Waals surface area contributed by atoms with E-state index in [2.05, 4.69) is 17.1 Å². The third kappa shape index (κ3) is 3.73. The van der Waals surface area contributed by atoms with E-state index < -0.39 is 0 Å². The van der Waals surface area contributed by atoms with Gasteiger partial charge in [0, 0.05) is 23.2 Å². The van der Waals surface area contributed by atoms with Gasteiger partial charge in [-0.1, -0.05) is 30.0 Å². The Morgan fingerprint density at radius 3 is 2.60 bits per heavy atom. The molecule has 0 aliphatic rings. The second kappa shape index (κ2) is 8.36. The van der Waals surface area contributed by atoms with Crippen molar-refractivity contribution in [3.05, 3.63) is 60.2 Å². The van der Waals surface area contributed by atoms with E-state index in [-0.39, 0.29) is 17.7 Å². The molecule has 154 valence electrons. The number of carbonyl (C=O) groups excluding carboxylic acids is 1. The fraction of sp³-hybridized carbons (Fsp3) is 0.261. The minimum atomic E-state index is 0.0342. The van der Waals surface area contributed by atoms with Gasteiger partial charge in [-0.2, -0.15) is 0 Å². The summed E-state index contributed by atoms with van der Waals surface area (Å²) in [5.41, 5.74) is 3.74. The molecule has 0 radical (unpaired) electrons. The monoisotopic (exact) mass is 420 g/mol. The van der Waals surface area contributed by atoms with E-state index in [1.165, 1.54) is 11.8 Å². The molecule has 2 aromatic carbocycles. The zero-order valence-corrected chi connectivity index (χ0v) is 18.3. The summed E-state index contributed by atoms with van der Waals surface area (Å²) >= 11 is 1.40. The third-order valence-electron chi connectivity index (χ3n) is 5.02. The van der Waals surface area contributed by atoms with E-state index in [1.54, 1.807) is 7.11 Å². The fourth-order valence-electron chi connectivity index (χ4n) is 3.64. The number of hydrogen-bond acceptors (Lipinski definition) is 5. The minimum Gasteiger partial charge on any atom is -0.497 e. The highest BCUT2D eigenvalue weighted by molar-refractivity contribution is 7.99. The van der Waals surface area contributed by atoms with Crippen LogP contribution in [0.1, 0.15) is 19.4 Å². The van der Waals surface area contributed by atoms with E-state index in [0.29, 0.717) is 5.16 Å². The zero-order valence-electron chi connectivity index (χ0n) is 17.5. The highest BCUT2D eigenvalue weighted by atomic mass is 32.2. The van der Waals surface area contributed by atoms with Gasteiger partial charge in [0.2, 0.25) is 5.91 Å². The van der Waals surface area contributed by atoms with Gasteiger partial charge in [-0.15, -0.1) is 10.2 Å². The van der Waals surface area contributed by atoms with Crippen LogP contribution in [0.3, 0.4) is 0 Å². The van der Waals surface area contributed by atoms with E-state index in [0.717, 1.165) is 33.6 Å². The molecule has 6 nitrogen and oxygen atoms in total. The molecule has 4 aromatic rings. The molecule has 2 heterocycles. The summed E-state index contributed by atoms with van der Waals surface area (Å²) in [5.74, 6) is 1.07. The van der Waals surface area contributed by atoms with Crippen molar-refractivity contribution in [2.24, 2.45) is 0 Å². The minimum absolute atomic E-state index is 0.0342. The molecule has 7 heteroatoms. The molecule has 1 amide bonds. The zero-order chi connectivity index (χ0) is 21.3. The van der Waals surface area contributed by atoms with Crippen LogP contribution in [0.4, 0.5) is 5.69 Å². The molecule has 4 rings (SSSR count). The number of para-hydroxylation sites is 1. The Morgan fingerprint density at radius 1 is 1.13 bits per heavy atom. The Balaban J connectivity index is 1.67. The number of nitrogens with zero attached hydrogens (tertiary/aromatic N) is 4. The topological polar surface area (TPSA) is 59.7 Å². The standard InChI is InChI=1S/C23H24N4O2S/c1-15(2)26(17-8-6-5-7-9-17)22(28)14-30-23-25-24-21-12-16(3)19-11-10-18(29-4)13-20(19)27(21)23/h5-13,15H,14H2,1-4H3. The van der Waals surface area contributed by atoms with Crippen molar-refractivity contribution >= 4 is 39.9 Å². The smallest absolute Gasteiger partial charge is 0.237 e. The molecule has 0 fully saturated rings. The number of anilines is 1. The lowest BCUT2D eigenvalue weighted by Gasteiger charge is -2.26. The van der Waals surface area contributed by atoms with Crippen LogP contribution in [0.25, 0.3) is 16.6 Å². The number of aryl methyl sites for hydroxylation is 1. The fourth-order valence-corrected chi connectivity index (χ4v) is 4.45. The van der Waals surface area contributed by atoms with Gasteiger partial charge in [-0.25, -0.2) is 0 Å². The summed E-state index contributed by atoms with van der Waals surface area (Å²) < 4.78 is 7.40. The van der Waals surface area contributed by atoms with Crippen molar-refractivity contribution in [2.45, 2.75) is 32.0 Å². The summed E-state index contributed by atoms with van der Waals surface area (Å²) in [6, 6.07) is 17.8. The van der Waals surface area contributed by atoms with Crippen molar-refractivity contribution in [1.29, 1.82) is 0 Å². The molecule has 0 saturated heterocycles. The summed E-state index contributed by atoms with van der Waals surface area (Å²) in [4.78, 5) is 14.9. The third-order valence-corrected chi connectivity index (χ3v) is 5.93. The van der Waals surface area contributed by atoms with Crippen LogP contribution in [-0.4, -0.2) is 39.4 Å². The number of pyridine rings is 1. The number of aromatic nitrogens is 3. The van der Waals surface area contributed by atoms with Crippen LogP contribution >= 0.6 is 11.8 Å². The van der Waals surface area contributed by atoms with E-state index in [4.69, 9.17) is 4.74 Å². The Hall–Kier alpha value is -3.06. The van der Waals surface area contributed by atoms with Crippen LogP contribution in [0.5, 0.6) is 5.75 Å². The Morgan fingerprint density at radius 2 is 1.90 bits per heavy atom. The summed E-state index contributed by atoms with van der Waals surface area (Å²) in [6.45, 7) is 6.09. The largest absolute Gasteiger partial charge is 0.497 e. The van der Waals surface area contributed by atoms with Gasteiger partial charge in [0.1, 0.15) is 5.75 Å². The number of amides is 1. The van der Waals surface area contributed by atoms with Crippen LogP contribution < -0.4 is 9.64 Å². The highest BCUT2D eigenvalue weighted by Crippen LogP contribution is 2.29. The van der Waals surface area contributed by atoms with Crippen molar-refractivity contribution < 1.29 is 9.53 Å². The van der Waals surface area contributed by atoms with Gasteiger partial charge in [-0.05, 0) is 56.7 Å². The van der Waals surface area contributed by atoms with Gasteiger partial charge >= 0.3 is 0 Å². The molecular weight excluding hydrogens is 396 g/mol. The summed E-state index contributed by atoms with van der Waals surface area (Å²) in [7, 11) is 1.65. The normalized spacial score (nSPS) is 11.4. The molecule has 0 aliphatic heterocycles. The number of methoxy groups -OCH3 is 1. The lowest BCUT2D eigenvalue weighted by atomic mass is 10.1. The number of benzene rings is 2. The molecular formula is C23H24N4O2S. The first kappa shape index (κ1) is 20.2. The van der Waals surface area contributed by atoms with Gasteiger partial charge in [0.25, 0.3) is 0 Å². The first-order chi connectivity index (χ1) is 14.5. The molecule has 0 spiro atoms.